The van der Waals surface area contributed by atoms with Gasteiger partial charge in [-0.1, -0.05) is 36.7 Å². The van der Waals surface area contributed by atoms with Crippen molar-refractivity contribution in [1.82, 2.24) is 15.1 Å². The molecule has 0 aliphatic rings. The molecule has 1 N–H and O–H groups in total. The second-order valence-corrected chi connectivity index (χ2v) is 5.96. The van der Waals surface area contributed by atoms with Crippen LogP contribution in [0.5, 0.6) is 0 Å². The van der Waals surface area contributed by atoms with E-state index in [1.54, 1.807) is 4.68 Å². The highest BCUT2D eigenvalue weighted by Crippen LogP contribution is 2.29. The Labute approximate surface area is 132 Å². The number of rotatable bonds is 5. The van der Waals surface area contributed by atoms with Gasteiger partial charge in [-0.2, -0.15) is 5.10 Å². The molecule has 1 atom stereocenters. The van der Waals surface area contributed by atoms with E-state index in [2.05, 4.69) is 49.4 Å². The summed E-state index contributed by atoms with van der Waals surface area (Å²) in [5, 5.41) is 8.75. The van der Waals surface area contributed by atoms with Crippen molar-refractivity contribution in [2.75, 3.05) is 6.54 Å². The number of likely N-dealkylation sites (N-methyl/N-ethyl adjacent to an activating group) is 1. The summed E-state index contributed by atoms with van der Waals surface area (Å²) in [5.74, 6) is 0. The van der Waals surface area contributed by atoms with Crippen molar-refractivity contribution >= 4 is 11.6 Å². The molecule has 0 aliphatic heterocycles. The van der Waals surface area contributed by atoms with E-state index in [1.807, 2.05) is 14.0 Å². The summed E-state index contributed by atoms with van der Waals surface area (Å²) < 4.78 is 1.75. The number of nitrogens with one attached hydrogen (secondary N) is 1. The molecule has 114 valence electrons. The van der Waals surface area contributed by atoms with Crippen LogP contribution in [0.1, 0.15) is 40.9 Å². The largest absolute Gasteiger partial charge is 0.310 e. The van der Waals surface area contributed by atoms with E-state index in [-0.39, 0.29) is 6.04 Å². The van der Waals surface area contributed by atoms with Gasteiger partial charge in [-0.15, -0.1) is 0 Å². The van der Waals surface area contributed by atoms with Gasteiger partial charge >= 0.3 is 0 Å². The standard InChI is InChI=1S/C17H24ClN3/c1-6-19-15(16-11(2)8-7-9-12(16)3)10-14-13(4)20-21(5)17(14)18/h7-9,15,19H,6,10H2,1-5H3. The first-order valence-corrected chi connectivity index (χ1v) is 7.81. The second kappa shape index (κ2) is 6.63. The molecule has 0 saturated carbocycles. The second-order valence-electron chi connectivity index (χ2n) is 5.60. The minimum atomic E-state index is 0.261. The fourth-order valence-corrected chi connectivity index (χ4v) is 3.26. The zero-order valence-corrected chi connectivity index (χ0v) is 14.3. The molecular formula is C17H24ClN3. The molecule has 2 aromatic rings. The molecule has 1 aromatic carbocycles. The van der Waals surface area contributed by atoms with Crippen molar-refractivity contribution in [3.8, 4) is 0 Å². The Balaban J connectivity index is 2.40. The third-order valence-electron chi connectivity index (χ3n) is 4.02. The summed E-state index contributed by atoms with van der Waals surface area (Å²) in [7, 11) is 1.89. The average Bonchev–Trinajstić information content (AvgIpc) is 2.65. The molecule has 0 fully saturated rings. The molecule has 4 heteroatoms. The highest BCUT2D eigenvalue weighted by molar-refractivity contribution is 6.30. The monoisotopic (exact) mass is 305 g/mol. The Morgan fingerprint density at radius 1 is 1.24 bits per heavy atom. The highest BCUT2D eigenvalue weighted by Gasteiger charge is 2.20. The lowest BCUT2D eigenvalue weighted by Crippen LogP contribution is -2.24. The van der Waals surface area contributed by atoms with Crippen LogP contribution in [-0.2, 0) is 13.5 Å². The van der Waals surface area contributed by atoms with Crippen LogP contribution in [0.25, 0.3) is 0 Å². The Morgan fingerprint density at radius 2 is 1.86 bits per heavy atom. The van der Waals surface area contributed by atoms with Gasteiger partial charge in [-0.3, -0.25) is 4.68 Å². The average molecular weight is 306 g/mol. The zero-order chi connectivity index (χ0) is 15.6. The van der Waals surface area contributed by atoms with Crippen LogP contribution < -0.4 is 5.32 Å². The predicted molar refractivity (Wildman–Crippen MR) is 89.0 cm³/mol. The van der Waals surface area contributed by atoms with Gasteiger partial charge in [0.2, 0.25) is 0 Å². The molecule has 1 aromatic heterocycles. The zero-order valence-electron chi connectivity index (χ0n) is 13.5. The first kappa shape index (κ1) is 16.1. The molecule has 1 heterocycles. The molecule has 21 heavy (non-hydrogen) atoms. The van der Waals surface area contributed by atoms with Crippen molar-refractivity contribution in [2.24, 2.45) is 7.05 Å². The first-order chi connectivity index (χ1) is 9.95. The summed E-state index contributed by atoms with van der Waals surface area (Å²) in [6.45, 7) is 9.43. The predicted octanol–water partition coefficient (Wildman–Crippen LogP) is 3.89. The molecule has 0 spiro atoms. The molecule has 0 aliphatic carbocycles. The molecule has 0 amide bonds. The van der Waals surface area contributed by atoms with E-state index in [9.17, 15) is 0 Å². The molecule has 0 radical (unpaired) electrons. The quantitative estimate of drug-likeness (QED) is 0.908. The first-order valence-electron chi connectivity index (χ1n) is 7.43. The summed E-state index contributed by atoms with van der Waals surface area (Å²) in [6.07, 6.45) is 0.859. The van der Waals surface area contributed by atoms with Crippen molar-refractivity contribution in [3.63, 3.8) is 0 Å². The maximum Gasteiger partial charge on any atom is 0.130 e. The topological polar surface area (TPSA) is 29.9 Å². The molecule has 3 nitrogen and oxygen atoms in total. The summed E-state index contributed by atoms with van der Waals surface area (Å²) >= 11 is 6.40. The SMILES string of the molecule is CCNC(Cc1c(C)nn(C)c1Cl)c1c(C)cccc1C. The van der Waals surface area contributed by atoms with Gasteiger partial charge in [0.05, 0.1) is 5.69 Å². The van der Waals surface area contributed by atoms with Crippen LogP contribution >= 0.6 is 11.6 Å². The van der Waals surface area contributed by atoms with Gasteiger partial charge in [0.25, 0.3) is 0 Å². The maximum atomic E-state index is 6.40. The van der Waals surface area contributed by atoms with E-state index in [0.717, 1.165) is 29.4 Å². The molecule has 0 saturated heterocycles. The van der Waals surface area contributed by atoms with Gasteiger partial charge in [0, 0.05) is 18.7 Å². The third-order valence-corrected chi connectivity index (χ3v) is 4.49. The van der Waals surface area contributed by atoms with Crippen molar-refractivity contribution < 1.29 is 0 Å². The maximum absolute atomic E-state index is 6.40. The van der Waals surface area contributed by atoms with Gasteiger partial charge in [0.15, 0.2) is 0 Å². The Bertz CT molecular complexity index is 611. The van der Waals surface area contributed by atoms with Crippen LogP contribution in [0.4, 0.5) is 0 Å². The number of halogens is 1. The Hall–Kier alpha value is -1.32. The van der Waals surface area contributed by atoms with Crippen molar-refractivity contribution in [3.05, 3.63) is 51.3 Å². The van der Waals surface area contributed by atoms with E-state index in [0.29, 0.717) is 0 Å². The van der Waals surface area contributed by atoms with Crippen molar-refractivity contribution in [2.45, 2.75) is 40.2 Å². The minimum Gasteiger partial charge on any atom is -0.310 e. The highest BCUT2D eigenvalue weighted by atomic mass is 35.5. The minimum absolute atomic E-state index is 0.261. The summed E-state index contributed by atoms with van der Waals surface area (Å²) in [5.41, 5.74) is 6.15. The van der Waals surface area contributed by atoms with E-state index in [1.165, 1.54) is 16.7 Å². The number of aryl methyl sites for hydroxylation is 4. The number of nitrogens with zero attached hydrogens (tertiary/aromatic N) is 2. The van der Waals surface area contributed by atoms with Crippen LogP contribution in [0, 0.1) is 20.8 Å². The van der Waals surface area contributed by atoms with Gasteiger partial charge in [0.1, 0.15) is 5.15 Å². The van der Waals surface area contributed by atoms with E-state index < -0.39 is 0 Å². The number of benzene rings is 1. The number of hydrogen-bond donors (Lipinski definition) is 1. The molecule has 1 unspecified atom stereocenters. The fraction of sp³-hybridized carbons (Fsp3) is 0.471. The van der Waals surface area contributed by atoms with E-state index >= 15 is 0 Å². The number of aromatic nitrogens is 2. The Kier molecular flexibility index (Phi) is 5.07. The van der Waals surface area contributed by atoms with Crippen LogP contribution in [-0.4, -0.2) is 16.3 Å². The molecular weight excluding hydrogens is 282 g/mol. The smallest absolute Gasteiger partial charge is 0.130 e. The van der Waals surface area contributed by atoms with Crippen molar-refractivity contribution in [1.29, 1.82) is 0 Å². The van der Waals surface area contributed by atoms with Crippen LogP contribution in [0.15, 0.2) is 18.2 Å². The lowest BCUT2D eigenvalue weighted by atomic mass is 9.92. The molecule has 2 rings (SSSR count). The third kappa shape index (κ3) is 3.30. The summed E-state index contributed by atoms with van der Waals surface area (Å²) in [4.78, 5) is 0. The van der Waals surface area contributed by atoms with E-state index in [4.69, 9.17) is 11.6 Å². The Morgan fingerprint density at radius 3 is 2.33 bits per heavy atom. The van der Waals surface area contributed by atoms with Gasteiger partial charge in [-0.25, -0.2) is 0 Å². The number of hydrogen-bond acceptors (Lipinski definition) is 2. The fourth-order valence-electron chi connectivity index (χ4n) is 3.01. The lowest BCUT2D eigenvalue weighted by Gasteiger charge is -2.22. The normalized spacial score (nSPS) is 12.7. The van der Waals surface area contributed by atoms with Crippen LogP contribution in [0.3, 0.4) is 0 Å². The lowest BCUT2D eigenvalue weighted by molar-refractivity contribution is 0.544. The molecule has 0 bridgehead atoms. The van der Waals surface area contributed by atoms with Gasteiger partial charge < -0.3 is 5.32 Å². The summed E-state index contributed by atoms with van der Waals surface area (Å²) in [6, 6.07) is 6.71. The van der Waals surface area contributed by atoms with Crippen LogP contribution in [0.2, 0.25) is 5.15 Å². The van der Waals surface area contributed by atoms with Gasteiger partial charge in [-0.05, 0) is 50.4 Å².